The van der Waals surface area contributed by atoms with Crippen LogP contribution < -0.4 is 11.1 Å². The van der Waals surface area contributed by atoms with Gasteiger partial charge in [0.25, 0.3) is 0 Å². The first-order chi connectivity index (χ1) is 10.7. The van der Waals surface area contributed by atoms with Gasteiger partial charge < -0.3 is 11.1 Å². The summed E-state index contributed by atoms with van der Waals surface area (Å²) in [5, 5.41) is 5.41. The Hall–Kier alpha value is -1.76. The number of hydrogen-bond acceptors (Lipinski definition) is 5. The second kappa shape index (κ2) is 8.63. The first-order valence-electron chi connectivity index (χ1n) is 7.35. The van der Waals surface area contributed by atoms with E-state index in [9.17, 15) is 4.79 Å². The van der Waals surface area contributed by atoms with Crippen molar-refractivity contribution in [2.45, 2.75) is 13.3 Å². The molecule has 2 rings (SSSR count). The van der Waals surface area contributed by atoms with E-state index in [0.717, 1.165) is 18.7 Å². The maximum atomic E-state index is 12.1. The Morgan fingerprint density at radius 1 is 1.32 bits per heavy atom. The Morgan fingerprint density at radius 3 is 2.73 bits per heavy atom. The van der Waals surface area contributed by atoms with Gasteiger partial charge in [-0.2, -0.15) is 0 Å². The zero-order chi connectivity index (χ0) is 15.8. The highest BCUT2D eigenvalue weighted by atomic mass is 32.1. The minimum Gasteiger partial charge on any atom is -0.329 e. The number of nitrogens with zero attached hydrogens (tertiary/aromatic N) is 2. The van der Waals surface area contributed by atoms with Crippen molar-refractivity contribution in [1.29, 1.82) is 0 Å². The summed E-state index contributed by atoms with van der Waals surface area (Å²) in [7, 11) is 0. The summed E-state index contributed by atoms with van der Waals surface area (Å²) in [4.78, 5) is 18.4. The maximum absolute atomic E-state index is 12.1. The third-order valence-corrected chi connectivity index (χ3v) is 4.11. The van der Waals surface area contributed by atoms with E-state index >= 15 is 0 Å². The Balaban J connectivity index is 1.83. The molecule has 2 aromatic rings. The van der Waals surface area contributed by atoms with Crippen molar-refractivity contribution >= 4 is 22.4 Å². The Bertz CT molecular complexity index is 585. The molecule has 1 heterocycles. The molecule has 22 heavy (non-hydrogen) atoms. The van der Waals surface area contributed by atoms with E-state index in [0.29, 0.717) is 24.8 Å². The van der Waals surface area contributed by atoms with Gasteiger partial charge in [0.15, 0.2) is 5.13 Å². The number of rotatable bonds is 8. The monoisotopic (exact) mass is 318 g/mol. The zero-order valence-corrected chi connectivity index (χ0v) is 13.6. The van der Waals surface area contributed by atoms with Crippen LogP contribution in [0.1, 0.15) is 11.3 Å². The normalized spacial score (nSPS) is 10.9. The summed E-state index contributed by atoms with van der Waals surface area (Å²) < 4.78 is 0. The lowest BCUT2D eigenvalue weighted by Gasteiger charge is -2.20. The SMILES string of the molecule is Cc1csc(NC(=O)CN(CCN)CCc2ccccc2)n1. The Morgan fingerprint density at radius 2 is 2.09 bits per heavy atom. The number of thiazole rings is 1. The van der Waals surface area contributed by atoms with Crippen molar-refractivity contribution in [3.63, 3.8) is 0 Å². The molecule has 0 bridgehead atoms. The second-order valence-corrected chi connectivity index (χ2v) is 6.00. The molecule has 0 saturated heterocycles. The highest BCUT2D eigenvalue weighted by Crippen LogP contribution is 2.14. The van der Waals surface area contributed by atoms with Crippen LogP contribution in [-0.4, -0.2) is 42.0 Å². The van der Waals surface area contributed by atoms with Gasteiger partial charge in [0.1, 0.15) is 0 Å². The number of anilines is 1. The molecular formula is C16H22N4OS. The molecule has 0 aliphatic rings. The van der Waals surface area contributed by atoms with E-state index in [4.69, 9.17) is 5.73 Å². The van der Waals surface area contributed by atoms with E-state index in [1.54, 1.807) is 0 Å². The van der Waals surface area contributed by atoms with Crippen molar-refractivity contribution in [2.24, 2.45) is 5.73 Å². The third kappa shape index (κ3) is 5.55. The van der Waals surface area contributed by atoms with Crippen molar-refractivity contribution in [3.05, 3.63) is 47.0 Å². The molecule has 1 aromatic carbocycles. The van der Waals surface area contributed by atoms with Crippen molar-refractivity contribution in [1.82, 2.24) is 9.88 Å². The summed E-state index contributed by atoms with van der Waals surface area (Å²) in [6, 6.07) is 10.3. The summed E-state index contributed by atoms with van der Waals surface area (Å²) in [6.45, 7) is 4.30. The zero-order valence-electron chi connectivity index (χ0n) is 12.8. The van der Waals surface area contributed by atoms with Gasteiger partial charge in [-0.3, -0.25) is 9.69 Å². The number of carbonyl (C=O) groups is 1. The van der Waals surface area contributed by atoms with E-state index in [1.807, 2.05) is 30.5 Å². The molecule has 1 amide bonds. The van der Waals surface area contributed by atoms with Crippen LogP contribution in [0.5, 0.6) is 0 Å². The van der Waals surface area contributed by atoms with Gasteiger partial charge in [0.05, 0.1) is 12.2 Å². The van der Waals surface area contributed by atoms with Gasteiger partial charge in [-0.05, 0) is 18.9 Å². The number of benzene rings is 1. The van der Waals surface area contributed by atoms with Crippen LogP contribution in [0.4, 0.5) is 5.13 Å². The lowest BCUT2D eigenvalue weighted by Crippen LogP contribution is -2.37. The van der Waals surface area contributed by atoms with E-state index < -0.39 is 0 Å². The molecule has 6 heteroatoms. The summed E-state index contributed by atoms with van der Waals surface area (Å²) >= 11 is 1.44. The largest absolute Gasteiger partial charge is 0.329 e. The predicted octanol–water partition coefficient (Wildman–Crippen LogP) is 1.89. The minimum absolute atomic E-state index is 0.0455. The summed E-state index contributed by atoms with van der Waals surface area (Å²) in [6.07, 6.45) is 0.907. The lowest BCUT2D eigenvalue weighted by atomic mass is 10.1. The topological polar surface area (TPSA) is 71.2 Å². The average molecular weight is 318 g/mol. The molecular weight excluding hydrogens is 296 g/mol. The molecule has 0 aliphatic carbocycles. The van der Waals surface area contributed by atoms with Gasteiger partial charge in [0.2, 0.25) is 5.91 Å². The number of nitrogens with two attached hydrogens (primary N) is 1. The summed E-state index contributed by atoms with van der Waals surface area (Å²) in [5.74, 6) is -0.0455. The molecule has 0 fully saturated rings. The van der Waals surface area contributed by atoms with Crippen LogP contribution in [0.2, 0.25) is 0 Å². The molecule has 5 nitrogen and oxygen atoms in total. The maximum Gasteiger partial charge on any atom is 0.240 e. The number of hydrogen-bond donors (Lipinski definition) is 2. The van der Waals surface area contributed by atoms with E-state index in [2.05, 4.69) is 27.3 Å². The van der Waals surface area contributed by atoms with E-state index in [-0.39, 0.29) is 5.91 Å². The molecule has 0 radical (unpaired) electrons. The van der Waals surface area contributed by atoms with Crippen LogP contribution in [0, 0.1) is 6.92 Å². The van der Waals surface area contributed by atoms with Gasteiger partial charge in [-0.1, -0.05) is 30.3 Å². The fourth-order valence-corrected chi connectivity index (χ4v) is 2.86. The average Bonchev–Trinajstić information content (AvgIpc) is 2.91. The van der Waals surface area contributed by atoms with Crippen LogP contribution >= 0.6 is 11.3 Å². The van der Waals surface area contributed by atoms with Crippen molar-refractivity contribution in [2.75, 3.05) is 31.5 Å². The number of aryl methyl sites for hydroxylation is 1. The van der Waals surface area contributed by atoms with Crippen LogP contribution in [0.15, 0.2) is 35.7 Å². The van der Waals surface area contributed by atoms with E-state index in [1.165, 1.54) is 16.9 Å². The molecule has 0 unspecified atom stereocenters. The van der Waals surface area contributed by atoms with Gasteiger partial charge in [0, 0.05) is 25.0 Å². The number of nitrogens with one attached hydrogen (secondary N) is 1. The fourth-order valence-electron chi connectivity index (χ4n) is 2.16. The first-order valence-corrected chi connectivity index (χ1v) is 8.23. The molecule has 3 N–H and O–H groups in total. The van der Waals surface area contributed by atoms with Crippen LogP contribution in [0.25, 0.3) is 0 Å². The smallest absolute Gasteiger partial charge is 0.240 e. The Kier molecular flexibility index (Phi) is 6.51. The highest BCUT2D eigenvalue weighted by Gasteiger charge is 2.11. The second-order valence-electron chi connectivity index (χ2n) is 5.14. The molecule has 0 spiro atoms. The number of carbonyl (C=O) groups excluding carboxylic acids is 1. The van der Waals surface area contributed by atoms with Crippen molar-refractivity contribution < 1.29 is 4.79 Å². The first kappa shape index (κ1) is 16.6. The third-order valence-electron chi connectivity index (χ3n) is 3.24. The Labute approximate surface area is 135 Å². The van der Waals surface area contributed by atoms with Gasteiger partial charge in [-0.25, -0.2) is 4.98 Å². The number of aromatic nitrogens is 1. The lowest BCUT2D eigenvalue weighted by molar-refractivity contribution is -0.117. The van der Waals surface area contributed by atoms with Crippen LogP contribution in [-0.2, 0) is 11.2 Å². The molecule has 0 atom stereocenters. The summed E-state index contributed by atoms with van der Waals surface area (Å²) in [5.41, 5.74) is 7.83. The molecule has 118 valence electrons. The number of amides is 1. The predicted molar refractivity (Wildman–Crippen MR) is 91.1 cm³/mol. The molecule has 0 aliphatic heterocycles. The quantitative estimate of drug-likeness (QED) is 0.780. The van der Waals surface area contributed by atoms with Crippen LogP contribution in [0.3, 0.4) is 0 Å². The standard InChI is InChI=1S/C16H22N4OS/c1-13-12-22-16(18-13)19-15(21)11-20(10-8-17)9-7-14-5-3-2-4-6-14/h2-6,12H,7-11,17H2,1H3,(H,18,19,21). The van der Waals surface area contributed by atoms with Gasteiger partial charge in [-0.15, -0.1) is 11.3 Å². The van der Waals surface area contributed by atoms with Crippen molar-refractivity contribution in [3.8, 4) is 0 Å². The molecule has 0 saturated carbocycles. The fraction of sp³-hybridized carbons (Fsp3) is 0.375. The minimum atomic E-state index is -0.0455. The highest BCUT2D eigenvalue weighted by molar-refractivity contribution is 7.13. The molecule has 1 aromatic heterocycles. The van der Waals surface area contributed by atoms with Gasteiger partial charge >= 0.3 is 0 Å².